The zero-order chi connectivity index (χ0) is 17.5. The van der Waals surface area contributed by atoms with Crippen LogP contribution in [0.25, 0.3) is 0 Å². The summed E-state index contributed by atoms with van der Waals surface area (Å²) in [5.41, 5.74) is 0.541. The van der Waals surface area contributed by atoms with E-state index in [0.29, 0.717) is 62.4 Å². The Kier molecular flexibility index (Phi) is 6.73. The molecule has 0 radical (unpaired) electrons. The number of benzene rings is 1. The zero-order valence-corrected chi connectivity index (χ0v) is 15.0. The summed E-state index contributed by atoms with van der Waals surface area (Å²) >= 11 is 0. The van der Waals surface area contributed by atoms with Gasteiger partial charge in [-0.1, -0.05) is 0 Å². The molecule has 0 spiro atoms. The Morgan fingerprint density at radius 2 is 1.71 bits per heavy atom. The van der Waals surface area contributed by atoms with Crippen molar-refractivity contribution < 1.29 is 23.7 Å². The molecule has 0 aromatic heterocycles. The van der Waals surface area contributed by atoms with Gasteiger partial charge in [0.05, 0.1) is 39.1 Å². The van der Waals surface area contributed by atoms with Gasteiger partial charge in [0.25, 0.3) is 5.91 Å². The van der Waals surface area contributed by atoms with Gasteiger partial charge in [-0.3, -0.25) is 4.79 Å². The van der Waals surface area contributed by atoms with Crippen molar-refractivity contribution in [2.45, 2.75) is 33.7 Å². The molecule has 1 atom stereocenters. The molecule has 1 heterocycles. The van der Waals surface area contributed by atoms with Gasteiger partial charge < -0.3 is 23.8 Å². The first-order valence-corrected chi connectivity index (χ1v) is 8.57. The first kappa shape index (κ1) is 18.4. The van der Waals surface area contributed by atoms with Gasteiger partial charge in [0.1, 0.15) is 0 Å². The van der Waals surface area contributed by atoms with Gasteiger partial charge in [-0.2, -0.15) is 0 Å². The fraction of sp³-hybridized carbons (Fsp3) is 0.611. The average Bonchev–Trinajstić information content (AvgIpc) is 2.58. The second-order valence-corrected chi connectivity index (χ2v) is 5.52. The molecule has 0 bridgehead atoms. The molecule has 0 unspecified atom stereocenters. The maximum atomic E-state index is 12.9. The Labute approximate surface area is 143 Å². The summed E-state index contributed by atoms with van der Waals surface area (Å²) in [7, 11) is 0. The second-order valence-electron chi connectivity index (χ2n) is 5.52. The number of rotatable bonds is 7. The third-order valence-electron chi connectivity index (χ3n) is 3.78. The lowest BCUT2D eigenvalue weighted by molar-refractivity contribution is 0.00355. The maximum absolute atomic E-state index is 12.9. The highest BCUT2D eigenvalue weighted by molar-refractivity contribution is 5.96. The van der Waals surface area contributed by atoms with Gasteiger partial charge in [-0.25, -0.2) is 0 Å². The quantitative estimate of drug-likeness (QED) is 0.766. The molecule has 24 heavy (non-hydrogen) atoms. The first-order valence-electron chi connectivity index (χ1n) is 8.57. The lowest BCUT2D eigenvalue weighted by Crippen LogP contribution is -2.47. The molecule has 1 aromatic carbocycles. The highest BCUT2D eigenvalue weighted by Gasteiger charge is 2.27. The lowest BCUT2D eigenvalue weighted by Gasteiger charge is -2.33. The Bertz CT molecular complexity index is 533. The monoisotopic (exact) mass is 337 g/mol. The van der Waals surface area contributed by atoms with Crippen LogP contribution >= 0.6 is 0 Å². The summed E-state index contributed by atoms with van der Waals surface area (Å²) < 4.78 is 22.5. The van der Waals surface area contributed by atoms with Crippen molar-refractivity contribution in [1.82, 2.24) is 4.90 Å². The molecular formula is C18H27NO5. The molecule has 6 nitrogen and oxygen atoms in total. The van der Waals surface area contributed by atoms with E-state index in [0.717, 1.165) is 0 Å². The Morgan fingerprint density at radius 3 is 2.21 bits per heavy atom. The average molecular weight is 337 g/mol. The van der Waals surface area contributed by atoms with E-state index in [1.807, 2.05) is 32.6 Å². The lowest BCUT2D eigenvalue weighted by atomic mass is 10.1. The Balaban J connectivity index is 2.39. The molecule has 2 rings (SSSR count). The third kappa shape index (κ3) is 4.12. The molecule has 1 aliphatic rings. The fourth-order valence-corrected chi connectivity index (χ4v) is 2.71. The number of ether oxygens (including phenoxy) is 4. The smallest absolute Gasteiger partial charge is 0.254 e. The van der Waals surface area contributed by atoms with Crippen LogP contribution in [0.4, 0.5) is 0 Å². The molecule has 1 saturated heterocycles. The molecule has 0 aliphatic carbocycles. The SMILES string of the molecule is CCOc1cc(C(=O)N2CCOC[C@@H]2C)cc(OCC)c1OCC. The highest BCUT2D eigenvalue weighted by Crippen LogP contribution is 2.39. The van der Waals surface area contributed by atoms with Gasteiger partial charge in [-0.15, -0.1) is 0 Å². The summed E-state index contributed by atoms with van der Waals surface area (Å²) in [5.74, 6) is 1.58. The van der Waals surface area contributed by atoms with Crippen LogP contribution < -0.4 is 14.2 Å². The van der Waals surface area contributed by atoms with E-state index in [4.69, 9.17) is 18.9 Å². The summed E-state index contributed by atoms with van der Waals surface area (Å²) in [4.78, 5) is 14.7. The summed E-state index contributed by atoms with van der Waals surface area (Å²) in [6.07, 6.45) is 0. The van der Waals surface area contributed by atoms with Crippen molar-refractivity contribution in [3.8, 4) is 17.2 Å². The van der Waals surface area contributed by atoms with Crippen LogP contribution in [-0.4, -0.2) is 56.4 Å². The second kappa shape index (κ2) is 8.78. The molecule has 6 heteroatoms. The number of carbonyl (C=O) groups excluding carboxylic acids is 1. The van der Waals surface area contributed by atoms with Crippen molar-refractivity contribution in [1.29, 1.82) is 0 Å². The van der Waals surface area contributed by atoms with Crippen molar-refractivity contribution in [2.24, 2.45) is 0 Å². The van der Waals surface area contributed by atoms with Gasteiger partial charge in [0.15, 0.2) is 11.5 Å². The van der Waals surface area contributed by atoms with E-state index >= 15 is 0 Å². The molecular weight excluding hydrogens is 310 g/mol. The van der Waals surface area contributed by atoms with Crippen molar-refractivity contribution in [3.63, 3.8) is 0 Å². The van der Waals surface area contributed by atoms with Crippen molar-refractivity contribution in [2.75, 3.05) is 39.6 Å². The number of carbonyl (C=O) groups is 1. The van der Waals surface area contributed by atoms with Gasteiger partial charge in [0.2, 0.25) is 5.75 Å². The van der Waals surface area contributed by atoms with Gasteiger partial charge >= 0.3 is 0 Å². The third-order valence-corrected chi connectivity index (χ3v) is 3.78. The van der Waals surface area contributed by atoms with Gasteiger partial charge in [0, 0.05) is 12.1 Å². The van der Waals surface area contributed by atoms with Crippen LogP contribution in [0.3, 0.4) is 0 Å². The predicted octanol–water partition coefficient (Wildman–Crippen LogP) is 2.74. The van der Waals surface area contributed by atoms with E-state index in [2.05, 4.69) is 0 Å². The minimum atomic E-state index is -0.0456. The van der Waals surface area contributed by atoms with E-state index in [1.165, 1.54) is 0 Å². The highest BCUT2D eigenvalue weighted by atomic mass is 16.5. The molecule has 1 fully saturated rings. The van der Waals surface area contributed by atoms with Gasteiger partial charge in [-0.05, 0) is 39.8 Å². The van der Waals surface area contributed by atoms with Crippen molar-refractivity contribution >= 4 is 5.91 Å². The number of hydrogen-bond acceptors (Lipinski definition) is 5. The Hall–Kier alpha value is -1.95. The Morgan fingerprint density at radius 1 is 1.12 bits per heavy atom. The van der Waals surface area contributed by atoms with Crippen LogP contribution in [0.15, 0.2) is 12.1 Å². The normalized spacial score (nSPS) is 17.5. The molecule has 1 amide bonds. The van der Waals surface area contributed by atoms with E-state index < -0.39 is 0 Å². The van der Waals surface area contributed by atoms with Crippen LogP contribution in [0.1, 0.15) is 38.1 Å². The van der Waals surface area contributed by atoms with E-state index in [1.54, 1.807) is 12.1 Å². The maximum Gasteiger partial charge on any atom is 0.254 e. The molecule has 134 valence electrons. The van der Waals surface area contributed by atoms with E-state index in [-0.39, 0.29) is 11.9 Å². The predicted molar refractivity (Wildman–Crippen MR) is 91.3 cm³/mol. The van der Waals surface area contributed by atoms with Crippen molar-refractivity contribution in [3.05, 3.63) is 17.7 Å². The molecule has 1 aromatic rings. The van der Waals surface area contributed by atoms with Crippen LogP contribution in [0.2, 0.25) is 0 Å². The molecule has 0 saturated carbocycles. The standard InChI is InChI=1S/C18H27NO5/c1-5-22-15-10-14(11-16(23-6-2)17(15)24-7-3)18(20)19-8-9-21-12-13(19)4/h10-11,13H,5-9,12H2,1-4H3/t13-/m0/s1. The number of morpholine rings is 1. The van der Waals surface area contributed by atoms with Crippen LogP contribution in [0, 0.1) is 0 Å². The van der Waals surface area contributed by atoms with Crippen LogP contribution in [0.5, 0.6) is 17.2 Å². The zero-order valence-electron chi connectivity index (χ0n) is 15.0. The number of nitrogens with zero attached hydrogens (tertiary/aromatic N) is 1. The fourth-order valence-electron chi connectivity index (χ4n) is 2.71. The molecule has 1 aliphatic heterocycles. The molecule has 0 N–H and O–H groups in total. The van der Waals surface area contributed by atoms with Crippen LogP contribution in [-0.2, 0) is 4.74 Å². The minimum absolute atomic E-state index is 0.0453. The first-order chi connectivity index (χ1) is 11.6. The van der Waals surface area contributed by atoms with E-state index in [9.17, 15) is 4.79 Å². The topological polar surface area (TPSA) is 57.2 Å². The number of hydrogen-bond donors (Lipinski definition) is 0. The number of amides is 1. The minimum Gasteiger partial charge on any atom is -0.490 e. The summed E-state index contributed by atoms with van der Waals surface area (Å²) in [6, 6.07) is 3.52. The summed E-state index contributed by atoms with van der Waals surface area (Å²) in [6.45, 7) is 10.8. The summed E-state index contributed by atoms with van der Waals surface area (Å²) in [5, 5.41) is 0. The largest absolute Gasteiger partial charge is 0.490 e.